The van der Waals surface area contributed by atoms with E-state index in [1.807, 2.05) is 24.5 Å². The number of nitriles is 1. The molecule has 0 spiro atoms. The van der Waals surface area contributed by atoms with Crippen molar-refractivity contribution in [3.05, 3.63) is 71.8 Å². The number of aryl methyl sites for hydroxylation is 2. The summed E-state index contributed by atoms with van der Waals surface area (Å²) in [6, 6.07) is 16.8. The maximum absolute atomic E-state index is 8.86. The van der Waals surface area contributed by atoms with Gasteiger partial charge in [-0.2, -0.15) is 5.26 Å². The number of fused-ring (bicyclic) bond motifs is 1. The number of aromatic nitrogens is 2. The van der Waals surface area contributed by atoms with Crippen molar-refractivity contribution in [2.45, 2.75) is 25.7 Å². The van der Waals surface area contributed by atoms with Gasteiger partial charge >= 0.3 is 0 Å². The van der Waals surface area contributed by atoms with Crippen LogP contribution in [0.2, 0.25) is 0 Å². The zero-order valence-electron chi connectivity index (χ0n) is 11.9. The Hall–Kier alpha value is -2.60. The highest BCUT2D eigenvalue weighted by Crippen LogP contribution is 2.16. The van der Waals surface area contributed by atoms with Gasteiger partial charge in [0, 0.05) is 18.1 Å². The second kappa shape index (κ2) is 6.23. The average molecular weight is 275 g/mol. The molecule has 2 aromatic heterocycles. The summed E-state index contributed by atoms with van der Waals surface area (Å²) < 4.78 is 2.08. The third-order valence-electron chi connectivity index (χ3n) is 3.73. The standard InChI is InChI=1S/C18H17N3/c19-12-11-16-9-10-18-17(20-13-14-21(16)18)8-4-7-15-5-2-1-3-6-15/h1-3,5-6,9-10,13-14H,4,7-8,11H2. The second-order valence-corrected chi connectivity index (χ2v) is 5.13. The van der Waals surface area contributed by atoms with E-state index in [0.29, 0.717) is 6.42 Å². The van der Waals surface area contributed by atoms with Gasteiger partial charge in [0.05, 0.1) is 23.7 Å². The second-order valence-electron chi connectivity index (χ2n) is 5.13. The molecule has 1 aromatic carbocycles. The SMILES string of the molecule is N#CCc1ccc2c(CCCc3ccccc3)nccn12. The van der Waals surface area contributed by atoms with Crippen LogP contribution >= 0.6 is 0 Å². The van der Waals surface area contributed by atoms with Crippen LogP contribution in [-0.2, 0) is 19.3 Å². The fourth-order valence-corrected chi connectivity index (χ4v) is 2.68. The highest BCUT2D eigenvalue weighted by Gasteiger charge is 2.06. The van der Waals surface area contributed by atoms with E-state index in [4.69, 9.17) is 5.26 Å². The van der Waals surface area contributed by atoms with E-state index < -0.39 is 0 Å². The first-order valence-electron chi connectivity index (χ1n) is 7.23. The van der Waals surface area contributed by atoms with Crippen LogP contribution in [0.25, 0.3) is 5.52 Å². The van der Waals surface area contributed by atoms with E-state index in [-0.39, 0.29) is 0 Å². The minimum absolute atomic E-state index is 0.432. The van der Waals surface area contributed by atoms with Gasteiger partial charge < -0.3 is 4.40 Å². The Morgan fingerprint density at radius 2 is 1.90 bits per heavy atom. The Morgan fingerprint density at radius 1 is 1.05 bits per heavy atom. The third kappa shape index (κ3) is 2.95. The molecule has 0 amide bonds. The Labute approximate surface area is 124 Å². The lowest BCUT2D eigenvalue weighted by atomic mass is 10.1. The normalized spacial score (nSPS) is 10.6. The summed E-state index contributed by atoms with van der Waals surface area (Å²) in [6.07, 6.45) is 7.29. The molecule has 0 radical (unpaired) electrons. The topological polar surface area (TPSA) is 41.1 Å². The third-order valence-corrected chi connectivity index (χ3v) is 3.73. The molecule has 3 rings (SSSR count). The molecule has 3 aromatic rings. The van der Waals surface area contributed by atoms with Crippen molar-refractivity contribution in [1.29, 1.82) is 5.26 Å². The molecule has 0 aliphatic carbocycles. The molecule has 2 heterocycles. The summed E-state index contributed by atoms with van der Waals surface area (Å²) in [6.45, 7) is 0. The molecule has 0 atom stereocenters. The van der Waals surface area contributed by atoms with Crippen LogP contribution in [0, 0.1) is 11.3 Å². The van der Waals surface area contributed by atoms with Crippen LogP contribution in [0.4, 0.5) is 0 Å². The number of rotatable bonds is 5. The van der Waals surface area contributed by atoms with E-state index in [2.05, 4.69) is 45.8 Å². The number of hydrogen-bond acceptors (Lipinski definition) is 2. The molecule has 0 saturated heterocycles. The highest BCUT2D eigenvalue weighted by atomic mass is 14.9. The minimum atomic E-state index is 0.432. The van der Waals surface area contributed by atoms with Crippen LogP contribution in [0.15, 0.2) is 54.9 Å². The summed E-state index contributed by atoms with van der Waals surface area (Å²) in [5, 5.41) is 8.86. The first kappa shape index (κ1) is 13.4. The quantitative estimate of drug-likeness (QED) is 0.714. The Bertz CT molecular complexity index is 766. The molecule has 0 saturated carbocycles. The minimum Gasteiger partial charge on any atom is -0.317 e. The summed E-state index contributed by atoms with van der Waals surface area (Å²) in [4.78, 5) is 4.51. The van der Waals surface area contributed by atoms with E-state index in [1.54, 1.807) is 0 Å². The molecule has 0 N–H and O–H groups in total. The van der Waals surface area contributed by atoms with Crippen LogP contribution < -0.4 is 0 Å². The summed E-state index contributed by atoms with van der Waals surface area (Å²) in [5.41, 5.74) is 4.62. The molecule has 0 aliphatic heterocycles. The van der Waals surface area contributed by atoms with Crippen molar-refractivity contribution in [1.82, 2.24) is 9.38 Å². The fraction of sp³-hybridized carbons (Fsp3) is 0.222. The number of hydrogen-bond donors (Lipinski definition) is 0. The van der Waals surface area contributed by atoms with E-state index >= 15 is 0 Å². The van der Waals surface area contributed by atoms with Gasteiger partial charge in [-0.15, -0.1) is 0 Å². The maximum Gasteiger partial charge on any atom is 0.0758 e. The van der Waals surface area contributed by atoms with Gasteiger partial charge in [0.25, 0.3) is 0 Å². The molecular formula is C18H17N3. The van der Waals surface area contributed by atoms with Gasteiger partial charge in [0.15, 0.2) is 0 Å². The van der Waals surface area contributed by atoms with Crippen LogP contribution in [0.1, 0.15) is 23.4 Å². The molecule has 0 bridgehead atoms. The summed E-state index contributed by atoms with van der Waals surface area (Å²) in [7, 11) is 0. The van der Waals surface area contributed by atoms with Gasteiger partial charge in [-0.1, -0.05) is 30.3 Å². The van der Waals surface area contributed by atoms with Crippen LogP contribution in [-0.4, -0.2) is 9.38 Å². The smallest absolute Gasteiger partial charge is 0.0758 e. The maximum atomic E-state index is 8.86. The molecule has 3 heteroatoms. The van der Waals surface area contributed by atoms with E-state index in [1.165, 1.54) is 5.56 Å². The predicted molar refractivity (Wildman–Crippen MR) is 83.0 cm³/mol. The van der Waals surface area contributed by atoms with Gasteiger partial charge in [-0.05, 0) is 37.0 Å². The van der Waals surface area contributed by atoms with E-state index in [9.17, 15) is 0 Å². The van der Waals surface area contributed by atoms with Gasteiger partial charge in [-0.3, -0.25) is 4.98 Å². The van der Waals surface area contributed by atoms with Crippen molar-refractivity contribution in [3.8, 4) is 6.07 Å². The first-order valence-corrected chi connectivity index (χ1v) is 7.23. The molecule has 3 nitrogen and oxygen atoms in total. The first-order chi connectivity index (χ1) is 10.4. The molecule has 0 aliphatic rings. The van der Waals surface area contributed by atoms with Gasteiger partial charge in [0.1, 0.15) is 0 Å². The van der Waals surface area contributed by atoms with Crippen LogP contribution in [0.5, 0.6) is 0 Å². The number of benzene rings is 1. The molecule has 0 fully saturated rings. The lowest BCUT2D eigenvalue weighted by Gasteiger charge is -2.05. The molecular weight excluding hydrogens is 258 g/mol. The predicted octanol–water partition coefficient (Wildman–Crippen LogP) is 3.58. The average Bonchev–Trinajstić information content (AvgIpc) is 2.93. The molecule has 104 valence electrons. The van der Waals surface area contributed by atoms with Crippen molar-refractivity contribution in [2.24, 2.45) is 0 Å². The Morgan fingerprint density at radius 3 is 2.71 bits per heavy atom. The lowest BCUT2D eigenvalue weighted by molar-refractivity contribution is 0.798. The van der Waals surface area contributed by atoms with Gasteiger partial charge in [0.2, 0.25) is 0 Å². The zero-order chi connectivity index (χ0) is 14.5. The van der Waals surface area contributed by atoms with Crippen molar-refractivity contribution >= 4 is 5.52 Å². The van der Waals surface area contributed by atoms with E-state index in [0.717, 1.165) is 36.2 Å². The molecule has 0 unspecified atom stereocenters. The lowest BCUT2D eigenvalue weighted by Crippen LogP contribution is -1.99. The number of nitrogens with zero attached hydrogens (tertiary/aromatic N) is 3. The highest BCUT2D eigenvalue weighted by molar-refractivity contribution is 5.54. The monoisotopic (exact) mass is 275 g/mol. The van der Waals surface area contributed by atoms with Gasteiger partial charge in [-0.25, -0.2) is 0 Å². The molecule has 21 heavy (non-hydrogen) atoms. The Kier molecular flexibility index (Phi) is 3.97. The fourth-order valence-electron chi connectivity index (χ4n) is 2.68. The largest absolute Gasteiger partial charge is 0.317 e. The van der Waals surface area contributed by atoms with Crippen molar-refractivity contribution < 1.29 is 0 Å². The van der Waals surface area contributed by atoms with Crippen LogP contribution in [0.3, 0.4) is 0 Å². The summed E-state index contributed by atoms with van der Waals surface area (Å²) >= 11 is 0. The van der Waals surface area contributed by atoms with Crippen molar-refractivity contribution in [3.63, 3.8) is 0 Å². The Balaban J connectivity index is 1.74. The summed E-state index contributed by atoms with van der Waals surface area (Å²) in [5.74, 6) is 0. The van der Waals surface area contributed by atoms with Crippen molar-refractivity contribution in [2.75, 3.05) is 0 Å². The zero-order valence-corrected chi connectivity index (χ0v) is 11.9.